The number of H-pyrrole nitrogens is 2. The molecule has 6 nitrogen and oxygen atoms in total. The Bertz CT molecular complexity index is 1040. The van der Waals surface area contributed by atoms with Crippen molar-refractivity contribution in [2.24, 2.45) is 0 Å². The van der Waals surface area contributed by atoms with E-state index in [4.69, 9.17) is 5.26 Å². The highest BCUT2D eigenvalue weighted by Crippen LogP contribution is 2.18. The fourth-order valence-corrected chi connectivity index (χ4v) is 2.67. The van der Waals surface area contributed by atoms with Gasteiger partial charge in [0.05, 0.1) is 16.6 Å². The molecule has 22 heavy (non-hydrogen) atoms. The van der Waals surface area contributed by atoms with Gasteiger partial charge in [-0.15, -0.1) is 0 Å². The fourth-order valence-electron chi connectivity index (χ4n) is 2.24. The topological polar surface area (TPSA) is 94.4 Å². The van der Waals surface area contributed by atoms with Gasteiger partial charge in [-0.3, -0.25) is 14.3 Å². The van der Waals surface area contributed by atoms with Crippen molar-refractivity contribution in [1.29, 1.82) is 5.26 Å². The lowest BCUT2D eigenvalue weighted by molar-refractivity contribution is 0.619. The Morgan fingerprint density at radius 2 is 2.14 bits per heavy atom. The number of halogens is 2. The third-order valence-electron chi connectivity index (χ3n) is 3.27. The minimum absolute atomic E-state index is 0.121. The molecule has 2 N–H and O–H groups in total. The van der Waals surface area contributed by atoms with Crippen LogP contribution in [0.5, 0.6) is 0 Å². The molecular formula is C14H8BrFN4O2. The molecular weight excluding hydrogens is 355 g/mol. The third kappa shape index (κ3) is 2.25. The van der Waals surface area contributed by atoms with Gasteiger partial charge in [0.25, 0.3) is 5.56 Å². The van der Waals surface area contributed by atoms with Gasteiger partial charge in [0, 0.05) is 6.20 Å². The first-order valence-electron chi connectivity index (χ1n) is 6.19. The number of nitrogens with one attached hydrogen (secondary N) is 2. The van der Waals surface area contributed by atoms with Gasteiger partial charge in [0.2, 0.25) is 0 Å². The van der Waals surface area contributed by atoms with E-state index in [-0.39, 0.29) is 27.6 Å². The van der Waals surface area contributed by atoms with Crippen LogP contribution in [-0.2, 0) is 6.54 Å². The summed E-state index contributed by atoms with van der Waals surface area (Å²) in [5.41, 5.74) is -0.147. The number of benzene rings is 1. The van der Waals surface area contributed by atoms with Crippen LogP contribution in [0.4, 0.5) is 4.39 Å². The summed E-state index contributed by atoms with van der Waals surface area (Å²) in [4.78, 5) is 28.8. The molecule has 0 saturated carbocycles. The van der Waals surface area contributed by atoms with E-state index in [9.17, 15) is 14.0 Å². The largest absolute Gasteiger partial charge is 0.346 e. The van der Waals surface area contributed by atoms with E-state index in [1.807, 2.05) is 6.07 Å². The molecule has 1 aromatic carbocycles. The second-order valence-electron chi connectivity index (χ2n) is 4.63. The predicted octanol–water partition coefficient (Wildman–Crippen LogP) is 1.84. The zero-order chi connectivity index (χ0) is 15.9. The zero-order valence-electron chi connectivity index (χ0n) is 11.0. The van der Waals surface area contributed by atoms with Gasteiger partial charge >= 0.3 is 5.69 Å². The van der Waals surface area contributed by atoms with Crippen molar-refractivity contribution in [3.8, 4) is 6.07 Å². The van der Waals surface area contributed by atoms with E-state index in [0.29, 0.717) is 5.56 Å². The van der Waals surface area contributed by atoms with Crippen molar-refractivity contribution >= 4 is 27.0 Å². The maximum atomic E-state index is 13.3. The minimum Gasteiger partial charge on any atom is -0.346 e. The number of aromatic amines is 2. The van der Waals surface area contributed by atoms with E-state index in [0.717, 1.165) is 0 Å². The third-order valence-corrected chi connectivity index (χ3v) is 3.87. The van der Waals surface area contributed by atoms with E-state index in [1.165, 1.54) is 22.9 Å². The van der Waals surface area contributed by atoms with Crippen molar-refractivity contribution < 1.29 is 4.39 Å². The SMILES string of the molecule is N#Cc1c[nH]c2c1c(=O)[nH]c(=O)n2Cc1ccc(F)c(Br)c1. The summed E-state index contributed by atoms with van der Waals surface area (Å²) in [6, 6.07) is 6.26. The summed E-state index contributed by atoms with van der Waals surface area (Å²) >= 11 is 3.08. The van der Waals surface area contributed by atoms with Crippen LogP contribution in [0, 0.1) is 17.1 Å². The Morgan fingerprint density at radius 1 is 1.36 bits per heavy atom. The molecule has 0 bridgehead atoms. The normalized spacial score (nSPS) is 10.8. The van der Waals surface area contributed by atoms with E-state index in [2.05, 4.69) is 25.9 Å². The summed E-state index contributed by atoms with van der Waals surface area (Å²) in [5, 5.41) is 9.14. The first-order chi connectivity index (χ1) is 10.5. The lowest BCUT2D eigenvalue weighted by Gasteiger charge is -2.08. The molecule has 0 unspecified atom stereocenters. The smallest absolute Gasteiger partial charge is 0.330 e. The van der Waals surface area contributed by atoms with Gasteiger partial charge in [0.15, 0.2) is 0 Å². The molecule has 0 aliphatic rings. The van der Waals surface area contributed by atoms with Crippen LogP contribution in [0.1, 0.15) is 11.1 Å². The molecule has 110 valence electrons. The molecule has 0 amide bonds. The summed E-state index contributed by atoms with van der Waals surface area (Å²) in [5.74, 6) is -0.408. The van der Waals surface area contributed by atoms with Gasteiger partial charge in [-0.1, -0.05) is 6.07 Å². The summed E-state index contributed by atoms with van der Waals surface area (Å²) < 4.78 is 14.8. The molecule has 0 spiro atoms. The maximum absolute atomic E-state index is 13.3. The monoisotopic (exact) mass is 362 g/mol. The van der Waals surface area contributed by atoms with Crippen molar-refractivity contribution in [2.75, 3.05) is 0 Å². The number of rotatable bonds is 2. The number of hydrogen-bond acceptors (Lipinski definition) is 3. The number of aromatic nitrogens is 3. The molecule has 2 heterocycles. The Labute approximate surface area is 131 Å². The Hall–Kier alpha value is -2.66. The van der Waals surface area contributed by atoms with Gasteiger partial charge < -0.3 is 4.98 Å². The van der Waals surface area contributed by atoms with Crippen molar-refractivity contribution in [1.82, 2.24) is 14.5 Å². The minimum atomic E-state index is -0.616. The molecule has 0 saturated heterocycles. The van der Waals surface area contributed by atoms with Crippen LogP contribution < -0.4 is 11.2 Å². The standard InChI is InChI=1S/C14H8BrFN4O2/c15-9-3-7(1-2-10(9)16)6-20-12-11(8(4-17)5-18-12)13(21)19-14(20)22/h1-3,5,18H,6H2,(H,19,21,22). The number of nitrogens with zero attached hydrogens (tertiary/aromatic N) is 2. The second-order valence-corrected chi connectivity index (χ2v) is 5.49. The van der Waals surface area contributed by atoms with Crippen molar-refractivity contribution in [2.45, 2.75) is 6.54 Å². The molecule has 3 aromatic rings. The van der Waals surface area contributed by atoms with Crippen molar-refractivity contribution in [3.63, 3.8) is 0 Å². The molecule has 3 rings (SSSR count). The maximum Gasteiger partial charge on any atom is 0.330 e. The van der Waals surface area contributed by atoms with Crippen LogP contribution in [-0.4, -0.2) is 14.5 Å². The van der Waals surface area contributed by atoms with Crippen LogP contribution in [0.2, 0.25) is 0 Å². The predicted molar refractivity (Wildman–Crippen MR) is 81.1 cm³/mol. The van der Waals surface area contributed by atoms with Crippen molar-refractivity contribution in [3.05, 3.63) is 66.7 Å². The molecule has 0 fully saturated rings. The van der Waals surface area contributed by atoms with E-state index < -0.39 is 17.1 Å². The van der Waals surface area contributed by atoms with Crippen LogP contribution >= 0.6 is 15.9 Å². The summed E-state index contributed by atoms with van der Waals surface area (Å²) in [6.07, 6.45) is 1.37. The highest BCUT2D eigenvalue weighted by Gasteiger charge is 2.14. The van der Waals surface area contributed by atoms with Gasteiger partial charge in [-0.25, -0.2) is 9.18 Å². The van der Waals surface area contributed by atoms with Crippen LogP contribution in [0.15, 0.2) is 38.5 Å². The molecule has 0 aliphatic heterocycles. The Morgan fingerprint density at radius 3 is 2.82 bits per heavy atom. The van der Waals surface area contributed by atoms with Gasteiger partial charge in [-0.05, 0) is 33.6 Å². The highest BCUT2D eigenvalue weighted by atomic mass is 79.9. The Kier molecular flexibility index (Phi) is 3.42. The summed E-state index contributed by atoms with van der Waals surface area (Å²) in [7, 11) is 0. The average Bonchev–Trinajstić information content (AvgIpc) is 2.91. The first kappa shape index (κ1) is 14.3. The quantitative estimate of drug-likeness (QED) is 0.728. The molecule has 0 atom stereocenters. The highest BCUT2D eigenvalue weighted by molar-refractivity contribution is 9.10. The van der Waals surface area contributed by atoms with Crippen LogP contribution in [0.25, 0.3) is 11.0 Å². The van der Waals surface area contributed by atoms with Crippen LogP contribution in [0.3, 0.4) is 0 Å². The molecule has 0 radical (unpaired) electrons. The van der Waals surface area contributed by atoms with E-state index in [1.54, 1.807) is 6.07 Å². The number of fused-ring (bicyclic) bond motifs is 1. The lowest BCUT2D eigenvalue weighted by Crippen LogP contribution is -2.30. The fraction of sp³-hybridized carbons (Fsp3) is 0.0714. The molecule has 0 aliphatic carbocycles. The number of nitriles is 1. The number of hydrogen-bond donors (Lipinski definition) is 2. The molecule has 8 heteroatoms. The zero-order valence-corrected chi connectivity index (χ0v) is 12.6. The Balaban J connectivity index is 2.21. The first-order valence-corrected chi connectivity index (χ1v) is 6.99. The van der Waals surface area contributed by atoms with Gasteiger partial charge in [-0.2, -0.15) is 5.26 Å². The molecule has 2 aromatic heterocycles. The van der Waals surface area contributed by atoms with Gasteiger partial charge in [0.1, 0.15) is 22.9 Å². The second kappa shape index (κ2) is 5.27. The summed E-state index contributed by atoms with van der Waals surface area (Å²) in [6.45, 7) is 0.121. The van der Waals surface area contributed by atoms with E-state index >= 15 is 0 Å². The average molecular weight is 363 g/mol. The lowest BCUT2D eigenvalue weighted by atomic mass is 10.2.